The lowest BCUT2D eigenvalue weighted by atomic mass is 10.0. The van der Waals surface area contributed by atoms with Crippen molar-refractivity contribution in [3.05, 3.63) is 48.0 Å². The number of nitrogens with zero attached hydrogens (tertiary/aromatic N) is 3. The molecule has 3 amide bonds. The molecule has 1 atom stereocenters. The van der Waals surface area contributed by atoms with Gasteiger partial charge in [0.2, 0.25) is 0 Å². The highest BCUT2D eigenvalue weighted by molar-refractivity contribution is 5.75. The molecule has 2 N–H and O–H groups in total. The van der Waals surface area contributed by atoms with Crippen molar-refractivity contribution in [2.45, 2.75) is 24.9 Å². The first-order chi connectivity index (χ1) is 14.0. The number of hydrogen-bond acceptors (Lipinski definition) is 5. The highest BCUT2D eigenvalue weighted by Gasteiger charge is 2.26. The highest BCUT2D eigenvalue weighted by Crippen LogP contribution is 2.24. The molecule has 29 heavy (non-hydrogen) atoms. The number of likely N-dealkylation sites (tertiary alicyclic amines) is 1. The third-order valence-corrected chi connectivity index (χ3v) is 5.08. The van der Waals surface area contributed by atoms with Crippen LogP contribution < -0.4 is 15.4 Å². The Morgan fingerprint density at radius 2 is 2.00 bits per heavy atom. The minimum atomic E-state index is -0.430. The van der Waals surface area contributed by atoms with Crippen molar-refractivity contribution in [3.63, 3.8) is 0 Å². The van der Waals surface area contributed by atoms with Gasteiger partial charge in [0.1, 0.15) is 17.6 Å². The van der Waals surface area contributed by atoms with Crippen LogP contribution in [-0.4, -0.2) is 59.9 Å². The molecule has 0 spiro atoms. The zero-order chi connectivity index (χ0) is 20.8. The number of rotatable bonds is 5. The number of carbonyl (C=O) groups excluding carboxylic acids is 2. The smallest absolute Gasteiger partial charge is 0.409 e. The Balaban J connectivity index is 1.68. The van der Waals surface area contributed by atoms with Gasteiger partial charge in [0, 0.05) is 38.6 Å². The Bertz CT molecular complexity index is 845. The molecule has 156 valence electrons. The van der Waals surface area contributed by atoms with Crippen LogP contribution in [-0.2, 0) is 11.8 Å². The molecule has 9 heteroatoms. The summed E-state index contributed by atoms with van der Waals surface area (Å²) in [5.74, 6) is 1.42. The number of piperidine rings is 1. The molecule has 0 saturated carbocycles. The van der Waals surface area contributed by atoms with Gasteiger partial charge in [-0.1, -0.05) is 12.1 Å². The average molecular weight is 401 g/mol. The van der Waals surface area contributed by atoms with Gasteiger partial charge in [-0.05, 0) is 30.5 Å². The van der Waals surface area contributed by atoms with E-state index < -0.39 is 6.04 Å². The number of amides is 3. The van der Waals surface area contributed by atoms with Gasteiger partial charge in [0.05, 0.1) is 14.2 Å². The second kappa shape index (κ2) is 9.31. The maximum atomic E-state index is 12.7. The number of aromatic nitrogens is 2. The van der Waals surface area contributed by atoms with Crippen molar-refractivity contribution in [2.75, 3.05) is 27.3 Å². The molecule has 0 unspecified atom stereocenters. The van der Waals surface area contributed by atoms with E-state index in [2.05, 4.69) is 15.6 Å². The van der Waals surface area contributed by atoms with E-state index in [-0.39, 0.29) is 18.2 Å². The van der Waals surface area contributed by atoms with Gasteiger partial charge < -0.3 is 29.6 Å². The van der Waals surface area contributed by atoms with Crippen LogP contribution in [0.3, 0.4) is 0 Å². The molecule has 3 rings (SSSR count). The van der Waals surface area contributed by atoms with Crippen molar-refractivity contribution in [1.82, 2.24) is 25.1 Å². The second-order valence-electron chi connectivity index (χ2n) is 6.96. The number of ether oxygens (including phenoxy) is 2. The fraction of sp³-hybridized carbons (Fsp3) is 0.450. The standard InChI is InChI=1S/C20H27N5O4/c1-24-12-9-21-18(24)17(14-5-4-6-16(13-14)28-2)23-19(26)22-15-7-10-25(11-8-15)20(27)29-3/h4-6,9,12-13,15,17H,7-8,10-11H2,1-3H3,(H2,22,23,26)/t17-/m0/s1. The number of urea groups is 1. The van der Waals surface area contributed by atoms with Crippen LogP contribution in [0.2, 0.25) is 0 Å². The maximum absolute atomic E-state index is 12.7. The lowest BCUT2D eigenvalue weighted by Gasteiger charge is -2.31. The molecule has 0 radical (unpaired) electrons. The Kier molecular flexibility index (Phi) is 6.58. The number of hydrogen-bond donors (Lipinski definition) is 2. The normalized spacial score (nSPS) is 15.5. The summed E-state index contributed by atoms with van der Waals surface area (Å²) in [5.41, 5.74) is 0.870. The number of nitrogens with one attached hydrogen (secondary N) is 2. The minimum absolute atomic E-state index is 0.0109. The maximum Gasteiger partial charge on any atom is 0.409 e. The monoisotopic (exact) mass is 401 g/mol. The molecule has 2 heterocycles. The van der Waals surface area contributed by atoms with Gasteiger partial charge in [-0.2, -0.15) is 0 Å². The van der Waals surface area contributed by atoms with E-state index in [0.717, 1.165) is 5.56 Å². The summed E-state index contributed by atoms with van der Waals surface area (Å²) in [5, 5.41) is 6.04. The quantitative estimate of drug-likeness (QED) is 0.799. The number of aryl methyl sites for hydroxylation is 1. The van der Waals surface area contributed by atoms with Gasteiger partial charge in [0.15, 0.2) is 0 Å². The molecular weight excluding hydrogens is 374 g/mol. The van der Waals surface area contributed by atoms with Crippen LogP contribution in [0.5, 0.6) is 5.75 Å². The minimum Gasteiger partial charge on any atom is -0.497 e. The summed E-state index contributed by atoms with van der Waals surface area (Å²) in [4.78, 5) is 30.4. The predicted molar refractivity (Wildman–Crippen MR) is 107 cm³/mol. The zero-order valence-electron chi connectivity index (χ0n) is 16.9. The number of methoxy groups -OCH3 is 2. The first-order valence-corrected chi connectivity index (χ1v) is 9.53. The molecule has 1 saturated heterocycles. The molecule has 0 bridgehead atoms. The molecule has 1 aliphatic rings. The van der Waals surface area contributed by atoms with E-state index >= 15 is 0 Å². The summed E-state index contributed by atoms with van der Waals surface area (Å²) in [6.45, 7) is 1.10. The fourth-order valence-corrected chi connectivity index (χ4v) is 3.47. The Labute approximate surface area is 170 Å². The number of benzene rings is 1. The SMILES string of the molecule is COC(=O)N1CCC(NC(=O)N[C@@H](c2cccc(OC)c2)c2nccn2C)CC1. The van der Waals surface area contributed by atoms with E-state index in [1.165, 1.54) is 7.11 Å². The molecule has 2 aromatic rings. The van der Waals surface area contributed by atoms with Gasteiger partial charge in [0.25, 0.3) is 0 Å². The Hall–Kier alpha value is -3.23. The summed E-state index contributed by atoms with van der Waals surface area (Å²) in [7, 11) is 4.86. The summed E-state index contributed by atoms with van der Waals surface area (Å²) < 4.78 is 11.9. The first-order valence-electron chi connectivity index (χ1n) is 9.53. The van der Waals surface area contributed by atoms with Crippen molar-refractivity contribution in [1.29, 1.82) is 0 Å². The largest absolute Gasteiger partial charge is 0.497 e. The molecule has 9 nitrogen and oxygen atoms in total. The van der Waals surface area contributed by atoms with Crippen LogP contribution >= 0.6 is 0 Å². The topological polar surface area (TPSA) is 97.7 Å². The van der Waals surface area contributed by atoms with Crippen molar-refractivity contribution in [3.8, 4) is 5.75 Å². The number of imidazole rings is 1. The lowest BCUT2D eigenvalue weighted by molar-refractivity contribution is 0.110. The zero-order valence-corrected chi connectivity index (χ0v) is 16.9. The first kappa shape index (κ1) is 20.5. The predicted octanol–water partition coefficient (Wildman–Crippen LogP) is 2.05. The molecule has 1 aromatic carbocycles. The third kappa shape index (κ3) is 4.98. The summed E-state index contributed by atoms with van der Waals surface area (Å²) >= 11 is 0. The van der Waals surface area contributed by atoms with Gasteiger partial charge in [-0.3, -0.25) is 0 Å². The van der Waals surface area contributed by atoms with Crippen LogP contribution in [0.4, 0.5) is 9.59 Å². The Morgan fingerprint density at radius 3 is 2.62 bits per heavy atom. The third-order valence-electron chi connectivity index (χ3n) is 5.08. The van der Waals surface area contributed by atoms with E-state index in [9.17, 15) is 9.59 Å². The van der Waals surface area contributed by atoms with Crippen molar-refractivity contribution < 1.29 is 19.1 Å². The van der Waals surface area contributed by atoms with E-state index in [4.69, 9.17) is 9.47 Å². The molecule has 1 aromatic heterocycles. The van der Waals surface area contributed by atoms with Gasteiger partial charge >= 0.3 is 12.1 Å². The van der Waals surface area contributed by atoms with Crippen molar-refractivity contribution >= 4 is 12.1 Å². The Morgan fingerprint density at radius 1 is 1.24 bits per heavy atom. The van der Waals surface area contributed by atoms with Gasteiger partial charge in [-0.25, -0.2) is 14.6 Å². The summed E-state index contributed by atoms with van der Waals surface area (Å²) in [6.07, 6.45) is 4.56. The van der Waals surface area contributed by atoms with Gasteiger partial charge in [-0.15, -0.1) is 0 Å². The van der Waals surface area contributed by atoms with Crippen molar-refractivity contribution in [2.24, 2.45) is 7.05 Å². The van der Waals surface area contributed by atoms with E-state index in [1.807, 2.05) is 42.1 Å². The summed E-state index contributed by atoms with van der Waals surface area (Å²) in [6, 6.07) is 6.83. The highest BCUT2D eigenvalue weighted by atomic mass is 16.5. The van der Waals surface area contributed by atoms with E-state index in [0.29, 0.717) is 37.5 Å². The second-order valence-corrected chi connectivity index (χ2v) is 6.96. The number of carbonyl (C=O) groups is 2. The fourth-order valence-electron chi connectivity index (χ4n) is 3.47. The molecule has 1 aliphatic heterocycles. The molecular formula is C20H27N5O4. The lowest BCUT2D eigenvalue weighted by Crippen LogP contribution is -2.49. The van der Waals surface area contributed by atoms with Crippen LogP contribution in [0.15, 0.2) is 36.7 Å². The van der Waals surface area contributed by atoms with E-state index in [1.54, 1.807) is 18.2 Å². The van der Waals surface area contributed by atoms with Crippen LogP contribution in [0.1, 0.15) is 30.3 Å². The van der Waals surface area contributed by atoms with Crippen LogP contribution in [0.25, 0.3) is 0 Å². The van der Waals surface area contributed by atoms with Crippen LogP contribution in [0, 0.1) is 0 Å². The average Bonchev–Trinajstić information content (AvgIpc) is 3.17. The molecule has 1 fully saturated rings. The molecule has 0 aliphatic carbocycles.